The molecule has 2 N–H and O–H groups in total. The fourth-order valence-electron chi connectivity index (χ4n) is 3.88. The van der Waals surface area contributed by atoms with Gasteiger partial charge in [0.2, 0.25) is 0 Å². The number of hydrogen-bond acceptors (Lipinski definition) is 6. The maximum Gasteiger partial charge on any atom is 0.367 e. The van der Waals surface area contributed by atoms with Crippen LogP contribution >= 0.6 is 0 Å². The van der Waals surface area contributed by atoms with E-state index >= 15 is 0 Å². The zero-order chi connectivity index (χ0) is 23.8. The fourth-order valence-corrected chi connectivity index (χ4v) is 3.88. The summed E-state index contributed by atoms with van der Waals surface area (Å²) in [6, 6.07) is 28.4. The van der Waals surface area contributed by atoms with Crippen LogP contribution in [0.1, 0.15) is 16.7 Å². The zero-order valence-corrected chi connectivity index (χ0v) is 18.7. The molecule has 1 unspecified atom stereocenters. The standard InChI is InChI=1S/C27H28O7/c28-26(29)27(30)25(33-18-22-14-8-3-9-15-22)24(32-17-21-12-6-2-7-13-21)23(34-27)19-31-16-20-10-4-1-5-11-20/h1-15,23-25,30H,16-19H2,(H,28,29)/t23-,24-,25+,27?/m1/s1. The summed E-state index contributed by atoms with van der Waals surface area (Å²) < 4.78 is 23.5. The van der Waals surface area contributed by atoms with Crippen molar-refractivity contribution in [3.05, 3.63) is 108 Å². The van der Waals surface area contributed by atoms with E-state index in [4.69, 9.17) is 18.9 Å². The Bertz CT molecular complexity index is 1030. The lowest BCUT2D eigenvalue weighted by Gasteiger charge is -2.27. The van der Waals surface area contributed by atoms with Crippen LogP contribution in [0.2, 0.25) is 0 Å². The highest BCUT2D eigenvalue weighted by molar-refractivity contribution is 5.77. The number of benzene rings is 3. The summed E-state index contributed by atoms with van der Waals surface area (Å²) in [5.41, 5.74) is 2.70. The van der Waals surface area contributed by atoms with Gasteiger partial charge >= 0.3 is 5.97 Å². The first-order valence-electron chi connectivity index (χ1n) is 11.1. The van der Waals surface area contributed by atoms with Crippen LogP contribution in [-0.4, -0.2) is 46.9 Å². The summed E-state index contributed by atoms with van der Waals surface area (Å²) in [7, 11) is 0. The van der Waals surface area contributed by atoms with E-state index in [1.165, 1.54) is 0 Å². The molecule has 3 aromatic rings. The van der Waals surface area contributed by atoms with Crippen molar-refractivity contribution in [2.75, 3.05) is 6.61 Å². The van der Waals surface area contributed by atoms with Crippen molar-refractivity contribution in [1.29, 1.82) is 0 Å². The Morgan fingerprint density at radius 2 is 1.24 bits per heavy atom. The first kappa shape index (κ1) is 24.1. The second-order valence-electron chi connectivity index (χ2n) is 8.14. The average Bonchev–Trinajstić information content (AvgIpc) is 3.15. The molecule has 178 valence electrons. The van der Waals surface area contributed by atoms with Gasteiger partial charge in [-0.3, -0.25) is 0 Å². The van der Waals surface area contributed by atoms with Gasteiger partial charge in [0.25, 0.3) is 5.79 Å². The third-order valence-corrected chi connectivity index (χ3v) is 5.64. The number of carboxylic acid groups (broad SMARTS) is 1. The van der Waals surface area contributed by atoms with Gasteiger partial charge in [0.1, 0.15) is 12.2 Å². The minimum absolute atomic E-state index is 0.0230. The molecular weight excluding hydrogens is 436 g/mol. The van der Waals surface area contributed by atoms with Gasteiger partial charge in [0.15, 0.2) is 6.10 Å². The SMILES string of the molecule is O=C(O)C1(O)O[C@H](COCc2ccccc2)[C@@H](OCc2ccccc2)[C@@H]1OCc1ccccc1. The van der Waals surface area contributed by atoms with E-state index in [2.05, 4.69) is 0 Å². The summed E-state index contributed by atoms with van der Waals surface area (Å²) in [5, 5.41) is 20.8. The summed E-state index contributed by atoms with van der Waals surface area (Å²) in [4.78, 5) is 12.1. The lowest BCUT2D eigenvalue weighted by molar-refractivity contribution is -0.248. The maximum absolute atomic E-state index is 12.1. The van der Waals surface area contributed by atoms with Crippen LogP contribution in [0.15, 0.2) is 91.0 Å². The van der Waals surface area contributed by atoms with Gasteiger partial charge in [0.05, 0.1) is 26.4 Å². The van der Waals surface area contributed by atoms with Crippen LogP contribution in [-0.2, 0) is 43.6 Å². The summed E-state index contributed by atoms with van der Waals surface area (Å²) in [6.45, 7) is 0.625. The number of aliphatic hydroxyl groups is 1. The van der Waals surface area contributed by atoms with Crippen LogP contribution < -0.4 is 0 Å². The van der Waals surface area contributed by atoms with Crippen LogP contribution in [0.4, 0.5) is 0 Å². The molecule has 7 heteroatoms. The molecule has 0 saturated carbocycles. The van der Waals surface area contributed by atoms with Gasteiger partial charge in [-0.1, -0.05) is 91.0 Å². The number of aliphatic carboxylic acids is 1. The Morgan fingerprint density at radius 3 is 1.74 bits per heavy atom. The largest absolute Gasteiger partial charge is 0.477 e. The summed E-state index contributed by atoms with van der Waals surface area (Å²) in [6.07, 6.45) is -2.99. The third kappa shape index (κ3) is 5.88. The Labute approximate surface area is 198 Å². The molecule has 1 saturated heterocycles. The van der Waals surface area contributed by atoms with Crippen molar-refractivity contribution in [1.82, 2.24) is 0 Å². The molecule has 7 nitrogen and oxygen atoms in total. The Balaban J connectivity index is 1.51. The first-order chi connectivity index (χ1) is 16.6. The number of rotatable bonds is 11. The number of hydrogen-bond donors (Lipinski definition) is 2. The molecule has 1 heterocycles. The van der Waals surface area contributed by atoms with Gasteiger partial charge in [-0.15, -0.1) is 0 Å². The molecule has 1 aliphatic heterocycles. The van der Waals surface area contributed by atoms with Gasteiger partial charge in [-0.2, -0.15) is 0 Å². The van der Waals surface area contributed by atoms with E-state index in [-0.39, 0.29) is 19.8 Å². The van der Waals surface area contributed by atoms with Gasteiger partial charge in [-0.05, 0) is 16.7 Å². The predicted molar refractivity (Wildman–Crippen MR) is 124 cm³/mol. The normalized spacial score (nSPS) is 24.2. The minimum Gasteiger partial charge on any atom is -0.477 e. The van der Waals surface area contributed by atoms with Crippen LogP contribution in [0.25, 0.3) is 0 Å². The quantitative estimate of drug-likeness (QED) is 0.448. The number of carboxylic acids is 1. The number of carbonyl (C=O) groups is 1. The molecule has 0 spiro atoms. The Morgan fingerprint density at radius 1 is 0.765 bits per heavy atom. The fraction of sp³-hybridized carbons (Fsp3) is 0.296. The monoisotopic (exact) mass is 464 g/mol. The smallest absolute Gasteiger partial charge is 0.367 e. The highest BCUT2D eigenvalue weighted by Crippen LogP contribution is 2.35. The molecule has 0 aromatic heterocycles. The lowest BCUT2D eigenvalue weighted by Crippen LogP contribution is -2.51. The van der Waals surface area contributed by atoms with E-state index in [1.54, 1.807) is 0 Å². The molecule has 0 radical (unpaired) electrons. The molecule has 1 aliphatic rings. The predicted octanol–water partition coefficient (Wildman–Crippen LogP) is 3.55. The van der Waals surface area contributed by atoms with Crippen LogP contribution in [0.3, 0.4) is 0 Å². The molecule has 34 heavy (non-hydrogen) atoms. The highest BCUT2D eigenvalue weighted by Gasteiger charge is 2.61. The molecule has 0 bridgehead atoms. The molecule has 3 aromatic carbocycles. The molecule has 0 amide bonds. The van der Waals surface area contributed by atoms with Crippen molar-refractivity contribution in [2.45, 2.75) is 43.9 Å². The molecule has 4 rings (SSSR count). The van der Waals surface area contributed by atoms with Crippen molar-refractivity contribution in [3.8, 4) is 0 Å². The van der Waals surface area contributed by atoms with Gasteiger partial charge < -0.3 is 29.2 Å². The van der Waals surface area contributed by atoms with Crippen LogP contribution in [0, 0.1) is 0 Å². The first-order valence-corrected chi connectivity index (χ1v) is 11.1. The zero-order valence-electron chi connectivity index (χ0n) is 18.7. The molecular formula is C27H28O7. The lowest BCUT2D eigenvalue weighted by atomic mass is 10.0. The Hall–Kier alpha value is -3.07. The van der Waals surface area contributed by atoms with Crippen molar-refractivity contribution in [2.24, 2.45) is 0 Å². The molecule has 1 fully saturated rings. The second-order valence-corrected chi connectivity index (χ2v) is 8.14. The van der Waals surface area contributed by atoms with Gasteiger partial charge in [-0.25, -0.2) is 4.79 Å². The summed E-state index contributed by atoms with van der Waals surface area (Å²) in [5.74, 6) is -4.11. The van der Waals surface area contributed by atoms with E-state index in [0.29, 0.717) is 6.61 Å². The van der Waals surface area contributed by atoms with Crippen LogP contribution in [0.5, 0.6) is 0 Å². The third-order valence-electron chi connectivity index (χ3n) is 5.64. The van der Waals surface area contributed by atoms with E-state index < -0.39 is 30.1 Å². The summed E-state index contributed by atoms with van der Waals surface area (Å²) >= 11 is 0. The average molecular weight is 465 g/mol. The number of ether oxygens (including phenoxy) is 4. The van der Waals surface area contributed by atoms with Crippen molar-refractivity contribution in [3.63, 3.8) is 0 Å². The van der Waals surface area contributed by atoms with E-state index in [1.807, 2.05) is 91.0 Å². The molecule has 4 atom stereocenters. The van der Waals surface area contributed by atoms with Crippen molar-refractivity contribution >= 4 is 5.97 Å². The van der Waals surface area contributed by atoms with E-state index in [0.717, 1.165) is 16.7 Å². The highest BCUT2D eigenvalue weighted by atomic mass is 16.7. The maximum atomic E-state index is 12.1. The Kier molecular flexibility index (Phi) is 8.05. The van der Waals surface area contributed by atoms with Crippen molar-refractivity contribution < 1.29 is 34.0 Å². The second kappa shape index (κ2) is 11.4. The van der Waals surface area contributed by atoms with Gasteiger partial charge in [0, 0.05) is 0 Å². The topological polar surface area (TPSA) is 94.5 Å². The minimum atomic E-state index is -2.57. The van der Waals surface area contributed by atoms with E-state index in [9.17, 15) is 15.0 Å². The molecule has 0 aliphatic carbocycles.